The highest BCUT2D eigenvalue weighted by atomic mass is 31.2. The largest absolute Gasteiger partial charge is 0.444 e. The Balaban J connectivity index is 1.11. The van der Waals surface area contributed by atoms with E-state index in [9.17, 15) is 32.9 Å². The van der Waals surface area contributed by atoms with Crippen molar-refractivity contribution in [2.45, 2.75) is 160 Å². The number of hydrogen-bond donors (Lipinski definition) is 3. The minimum Gasteiger partial charge on any atom is -0.444 e. The first-order chi connectivity index (χ1) is 27.6. The Labute approximate surface area is 340 Å². The van der Waals surface area contributed by atoms with Crippen molar-refractivity contribution in [2.24, 2.45) is 17.3 Å². The molecule has 5 atom stereocenters. The van der Waals surface area contributed by atoms with Crippen molar-refractivity contribution in [3.8, 4) is 0 Å². The number of halogens is 1. The molecule has 5 fully saturated rings. The molecule has 0 aromatic heterocycles. The van der Waals surface area contributed by atoms with E-state index in [-0.39, 0.29) is 56.5 Å². The molecule has 0 spiro atoms. The lowest BCUT2D eigenvalue weighted by Gasteiger charge is -2.36. The Morgan fingerprint density at radius 1 is 0.914 bits per heavy atom. The Hall–Kier alpha value is -3.81. The quantitative estimate of drug-likeness (QED) is 0.155. The summed E-state index contributed by atoms with van der Waals surface area (Å²) in [5.74, 6) is -3.32. The van der Waals surface area contributed by atoms with Gasteiger partial charge in [0.05, 0.1) is 25.3 Å². The van der Waals surface area contributed by atoms with E-state index < -0.39 is 72.4 Å². The van der Waals surface area contributed by atoms with Crippen molar-refractivity contribution in [1.29, 1.82) is 0 Å². The molecule has 3 N–H and O–H groups in total. The second-order valence-electron chi connectivity index (χ2n) is 18.2. The second-order valence-corrected chi connectivity index (χ2v) is 19.9. The lowest BCUT2D eigenvalue weighted by Crippen LogP contribution is -2.60. The zero-order chi connectivity index (χ0) is 41.4. The fraction of sp³-hybridized carbons (Fsp3) is 0.690. The number of likely N-dealkylation sites (tertiary alicyclic amines) is 1. The SMILES string of the molecule is C=CC1C[C@]1(NC(=O)[C@@H]1CC(OC(=O)N2Cc3cccc(F)c3C2)CN1C(=O)[C@@H](NC(=O)C1CCCC1)C(C)(C)C)C(=O)NP(=O)(OC1CCCC1)OC1CCCC1. The average molecular weight is 828 g/mol. The van der Waals surface area contributed by atoms with E-state index in [1.54, 1.807) is 18.2 Å². The first kappa shape index (κ1) is 42.3. The van der Waals surface area contributed by atoms with Gasteiger partial charge in [0.2, 0.25) is 17.7 Å². The predicted molar refractivity (Wildman–Crippen MR) is 211 cm³/mol. The molecular weight excluding hydrogens is 768 g/mol. The third-order valence-corrected chi connectivity index (χ3v) is 14.5. The topological polar surface area (TPSA) is 173 Å². The summed E-state index contributed by atoms with van der Waals surface area (Å²) in [5, 5.41) is 8.46. The number of carbonyl (C=O) groups is 5. The van der Waals surface area contributed by atoms with Gasteiger partial charge < -0.3 is 20.3 Å². The van der Waals surface area contributed by atoms with Crippen LogP contribution in [0.3, 0.4) is 0 Å². The average Bonchev–Trinajstić information content (AvgIpc) is 3.92. The molecule has 1 saturated heterocycles. The molecule has 5 amide bonds. The monoisotopic (exact) mass is 827 g/mol. The summed E-state index contributed by atoms with van der Waals surface area (Å²) in [6.07, 6.45) is 9.04. The molecule has 6 aliphatic rings. The highest BCUT2D eigenvalue weighted by molar-refractivity contribution is 7.52. The zero-order valence-electron chi connectivity index (χ0n) is 34.0. The Kier molecular flexibility index (Phi) is 12.4. The molecule has 1 aromatic rings. The Morgan fingerprint density at radius 2 is 1.53 bits per heavy atom. The molecule has 318 valence electrons. The molecule has 1 aromatic carbocycles. The van der Waals surface area contributed by atoms with Gasteiger partial charge in [-0.1, -0.05) is 77.5 Å². The molecule has 0 radical (unpaired) electrons. The number of nitrogens with zero attached hydrogens (tertiary/aromatic N) is 2. The maximum atomic E-state index is 14.7. The summed E-state index contributed by atoms with van der Waals surface area (Å²) in [5.41, 5.74) is -1.25. The maximum Gasteiger partial charge on any atom is 0.435 e. The van der Waals surface area contributed by atoms with Gasteiger partial charge in [-0.25, -0.2) is 13.8 Å². The fourth-order valence-corrected chi connectivity index (χ4v) is 11.2. The molecule has 14 nitrogen and oxygen atoms in total. The standard InChI is InChI=1S/C42H59FN5O9P/c1-5-28-22-42(28,39(52)46-58(54,56-29-16-8-9-17-29)57-30-18-10-11-19-30)45-37(50)34-21-31(55-40(53)47-23-27-15-12-20-33(43)32(27)25-47)24-48(34)38(51)35(41(2,3)4)44-36(49)26-13-6-7-14-26/h5,12,15,20,26,28-31,34-35H,1,6-11,13-14,16-19,21-25H2,2-4H3,(H,44,49)(H,45,50)(H,46,52,54)/t28?,31?,34-,35+,42+/m0/s1. The van der Waals surface area contributed by atoms with E-state index in [1.807, 2.05) is 20.8 Å². The van der Waals surface area contributed by atoms with Crippen molar-refractivity contribution in [3.05, 3.63) is 47.8 Å². The summed E-state index contributed by atoms with van der Waals surface area (Å²) in [6, 6.07) is 2.43. The van der Waals surface area contributed by atoms with Crippen LogP contribution in [0.15, 0.2) is 30.9 Å². The third-order valence-electron chi connectivity index (χ3n) is 12.9. The highest BCUT2D eigenvalue weighted by Crippen LogP contribution is 2.53. The van der Waals surface area contributed by atoms with E-state index in [0.29, 0.717) is 36.8 Å². The van der Waals surface area contributed by atoms with E-state index in [4.69, 9.17) is 13.8 Å². The van der Waals surface area contributed by atoms with Gasteiger partial charge in [-0.05, 0) is 62.0 Å². The van der Waals surface area contributed by atoms with Gasteiger partial charge in [-0.3, -0.25) is 38.2 Å². The molecule has 58 heavy (non-hydrogen) atoms. The minimum atomic E-state index is -4.16. The number of rotatable bonds is 13. The van der Waals surface area contributed by atoms with Gasteiger partial charge in [0.1, 0.15) is 29.5 Å². The van der Waals surface area contributed by atoms with Gasteiger partial charge >= 0.3 is 13.8 Å². The van der Waals surface area contributed by atoms with Crippen molar-refractivity contribution in [1.82, 2.24) is 25.5 Å². The zero-order valence-corrected chi connectivity index (χ0v) is 34.9. The van der Waals surface area contributed by atoms with Gasteiger partial charge in [0.15, 0.2) is 0 Å². The lowest BCUT2D eigenvalue weighted by atomic mass is 9.85. The lowest BCUT2D eigenvalue weighted by molar-refractivity contribution is -0.145. The molecule has 7 rings (SSSR count). The number of hydrogen-bond acceptors (Lipinski definition) is 9. The normalized spacial score (nSPS) is 27.0. The van der Waals surface area contributed by atoms with Crippen LogP contribution in [-0.4, -0.2) is 82.0 Å². The third kappa shape index (κ3) is 9.16. The van der Waals surface area contributed by atoms with Crippen LogP contribution >= 0.6 is 7.75 Å². The molecule has 4 saturated carbocycles. The van der Waals surface area contributed by atoms with Gasteiger partial charge in [0.25, 0.3) is 5.91 Å². The van der Waals surface area contributed by atoms with Crippen LogP contribution < -0.4 is 15.7 Å². The number of nitrogens with one attached hydrogen (secondary N) is 3. The van der Waals surface area contributed by atoms with Crippen LogP contribution in [0.25, 0.3) is 0 Å². The van der Waals surface area contributed by atoms with E-state index in [0.717, 1.165) is 51.4 Å². The number of fused-ring (bicyclic) bond motifs is 1. The number of benzene rings is 1. The van der Waals surface area contributed by atoms with Gasteiger partial charge in [-0.15, -0.1) is 6.58 Å². The van der Waals surface area contributed by atoms with Gasteiger partial charge in [-0.2, -0.15) is 0 Å². The summed E-state index contributed by atoms with van der Waals surface area (Å²) >= 11 is 0. The number of carbonyl (C=O) groups excluding carboxylic acids is 5. The Morgan fingerprint density at radius 3 is 2.10 bits per heavy atom. The molecule has 16 heteroatoms. The first-order valence-electron chi connectivity index (χ1n) is 21.2. The molecule has 2 aliphatic heterocycles. The summed E-state index contributed by atoms with van der Waals surface area (Å²) in [7, 11) is -4.16. The van der Waals surface area contributed by atoms with Crippen LogP contribution in [0.1, 0.15) is 122 Å². The van der Waals surface area contributed by atoms with E-state index in [1.165, 1.54) is 15.9 Å². The van der Waals surface area contributed by atoms with E-state index in [2.05, 4.69) is 22.3 Å². The van der Waals surface area contributed by atoms with Gasteiger partial charge in [0, 0.05) is 30.4 Å². The van der Waals surface area contributed by atoms with Crippen LogP contribution in [-0.2, 0) is 50.6 Å². The highest BCUT2D eigenvalue weighted by Gasteiger charge is 2.62. The van der Waals surface area contributed by atoms with E-state index >= 15 is 0 Å². The second kappa shape index (κ2) is 17.0. The Bertz CT molecular complexity index is 1800. The summed E-state index contributed by atoms with van der Waals surface area (Å²) in [4.78, 5) is 73.1. The fourth-order valence-electron chi connectivity index (χ4n) is 9.38. The number of ether oxygens (including phenoxy) is 1. The van der Waals surface area contributed by atoms with Crippen molar-refractivity contribution in [2.75, 3.05) is 6.54 Å². The molecule has 4 aliphatic carbocycles. The molecule has 2 heterocycles. The molecule has 0 bridgehead atoms. The smallest absolute Gasteiger partial charge is 0.435 e. The van der Waals surface area contributed by atoms with Crippen LogP contribution in [0.4, 0.5) is 9.18 Å². The van der Waals surface area contributed by atoms with Crippen LogP contribution in [0.2, 0.25) is 0 Å². The van der Waals surface area contributed by atoms with Crippen molar-refractivity contribution < 1.29 is 46.7 Å². The van der Waals surface area contributed by atoms with Crippen molar-refractivity contribution >= 4 is 37.5 Å². The minimum absolute atomic E-state index is 0.0127. The first-order valence-corrected chi connectivity index (χ1v) is 22.7. The van der Waals surface area contributed by atoms with Crippen LogP contribution in [0.5, 0.6) is 0 Å². The summed E-state index contributed by atoms with van der Waals surface area (Å²) in [6.45, 7) is 9.35. The predicted octanol–water partition coefficient (Wildman–Crippen LogP) is 6.17. The molecular formula is C42H59FN5O9P. The maximum absolute atomic E-state index is 14.7. The number of amides is 5. The van der Waals surface area contributed by atoms with Crippen molar-refractivity contribution in [3.63, 3.8) is 0 Å². The van der Waals surface area contributed by atoms with Crippen LogP contribution in [0, 0.1) is 23.1 Å². The molecule has 2 unspecified atom stereocenters. The summed E-state index contributed by atoms with van der Waals surface area (Å²) < 4.78 is 46.8.